The van der Waals surface area contributed by atoms with Gasteiger partial charge in [-0.25, -0.2) is 4.98 Å². The Labute approximate surface area is 121 Å². The molecule has 0 bridgehead atoms. The van der Waals surface area contributed by atoms with E-state index in [0.717, 1.165) is 18.0 Å². The maximum Gasteiger partial charge on any atom is 0.153 e. The monoisotopic (exact) mass is 294 g/mol. The van der Waals surface area contributed by atoms with Crippen molar-refractivity contribution in [1.29, 1.82) is 0 Å². The summed E-state index contributed by atoms with van der Waals surface area (Å²) in [7, 11) is 0. The molecule has 19 heavy (non-hydrogen) atoms. The van der Waals surface area contributed by atoms with Gasteiger partial charge >= 0.3 is 0 Å². The van der Waals surface area contributed by atoms with E-state index in [1.807, 2.05) is 24.3 Å². The number of nitrogens with one attached hydrogen (secondary N) is 1. The van der Waals surface area contributed by atoms with E-state index in [9.17, 15) is 4.79 Å². The number of carbonyl (C=O) groups is 1. The van der Waals surface area contributed by atoms with Gasteiger partial charge in [0.1, 0.15) is 11.0 Å². The summed E-state index contributed by atoms with van der Waals surface area (Å²) in [4.78, 5) is 14.7. The van der Waals surface area contributed by atoms with Crippen LogP contribution in [0.15, 0.2) is 36.4 Å². The van der Waals surface area contributed by atoms with E-state index in [1.165, 1.54) is 5.56 Å². The van der Waals surface area contributed by atoms with Gasteiger partial charge in [0.2, 0.25) is 0 Å². The van der Waals surface area contributed by atoms with Crippen LogP contribution >= 0.6 is 23.2 Å². The molecule has 1 N–H and O–H groups in total. The Balaban J connectivity index is 1.90. The van der Waals surface area contributed by atoms with E-state index in [1.54, 1.807) is 12.1 Å². The van der Waals surface area contributed by atoms with E-state index in [2.05, 4.69) is 10.3 Å². The second kappa shape index (κ2) is 6.55. The molecule has 0 radical (unpaired) electrons. The number of halogens is 2. The van der Waals surface area contributed by atoms with Crippen molar-refractivity contribution in [3.63, 3.8) is 0 Å². The molecule has 0 aliphatic carbocycles. The zero-order chi connectivity index (χ0) is 13.7. The van der Waals surface area contributed by atoms with E-state index in [-0.39, 0.29) is 5.15 Å². The zero-order valence-electron chi connectivity index (χ0n) is 10.1. The lowest BCUT2D eigenvalue weighted by atomic mass is 10.1. The highest BCUT2D eigenvalue weighted by molar-refractivity contribution is 6.31. The highest BCUT2D eigenvalue weighted by Gasteiger charge is 2.02. The summed E-state index contributed by atoms with van der Waals surface area (Å²) in [5, 5.41) is 4.10. The summed E-state index contributed by atoms with van der Waals surface area (Å²) in [6, 6.07) is 11.1. The second-order valence-corrected chi connectivity index (χ2v) is 4.79. The van der Waals surface area contributed by atoms with Crippen molar-refractivity contribution in [3.05, 3.63) is 57.7 Å². The molecule has 2 rings (SSSR count). The summed E-state index contributed by atoms with van der Waals surface area (Å²) in [5.41, 5.74) is 1.58. The minimum atomic E-state index is 0.214. The van der Waals surface area contributed by atoms with Gasteiger partial charge in [0.15, 0.2) is 6.29 Å². The van der Waals surface area contributed by atoms with Crippen LogP contribution in [0, 0.1) is 0 Å². The summed E-state index contributed by atoms with van der Waals surface area (Å²) >= 11 is 11.7. The van der Waals surface area contributed by atoms with E-state index < -0.39 is 0 Å². The molecule has 3 nitrogen and oxygen atoms in total. The Morgan fingerprint density at radius 2 is 1.84 bits per heavy atom. The van der Waals surface area contributed by atoms with E-state index >= 15 is 0 Å². The topological polar surface area (TPSA) is 42.0 Å². The van der Waals surface area contributed by atoms with Crippen LogP contribution in [-0.2, 0) is 6.42 Å². The van der Waals surface area contributed by atoms with Crippen molar-refractivity contribution >= 4 is 35.3 Å². The first-order valence-electron chi connectivity index (χ1n) is 5.79. The van der Waals surface area contributed by atoms with Crippen LogP contribution in [-0.4, -0.2) is 17.8 Å². The highest BCUT2D eigenvalue weighted by atomic mass is 35.5. The summed E-state index contributed by atoms with van der Waals surface area (Å²) in [6.45, 7) is 0.728. The number of aromatic nitrogens is 1. The molecule has 0 aliphatic rings. The first-order chi connectivity index (χ1) is 9.19. The van der Waals surface area contributed by atoms with Gasteiger partial charge < -0.3 is 5.32 Å². The lowest BCUT2D eigenvalue weighted by molar-refractivity contribution is 0.112. The second-order valence-electron chi connectivity index (χ2n) is 4.00. The molecule has 1 aromatic heterocycles. The van der Waals surface area contributed by atoms with Crippen LogP contribution in [0.25, 0.3) is 0 Å². The predicted octanol–water partition coefficient (Wildman–Crippen LogP) is 3.86. The van der Waals surface area contributed by atoms with Crippen LogP contribution in [0.4, 0.5) is 5.82 Å². The fraction of sp³-hybridized carbons (Fsp3) is 0.143. The maximum absolute atomic E-state index is 10.6. The van der Waals surface area contributed by atoms with Crippen LogP contribution in [0.1, 0.15) is 15.9 Å². The number of hydrogen-bond donors (Lipinski definition) is 1. The first kappa shape index (κ1) is 13.8. The standard InChI is InChI=1S/C14H12Cl2N2O/c15-12-4-1-10(2-5-12)7-8-17-13-6-3-11(9-19)14(16)18-13/h1-6,9H,7-8H2,(H,17,18). The summed E-state index contributed by atoms with van der Waals surface area (Å²) in [5.74, 6) is 0.657. The molecule has 0 saturated carbocycles. The van der Waals surface area contributed by atoms with Crippen molar-refractivity contribution in [2.24, 2.45) is 0 Å². The highest BCUT2D eigenvalue weighted by Crippen LogP contribution is 2.15. The molecule has 0 spiro atoms. The maximum atomic E-state index is 10.6. The number of aldehydes is 1. The number of pyridine rings is 1. The molecule has 0 fully saturated rings. The summed E-state index contributed by atoms with van der Waals surface area (Å²) in [6.07, 6.45) is 1.54. The lowest BCUT2D eigenvalue weighted by Gasteiger charge is -2.06. The average molecular weight is 295 g/mol. The quantitative estimate of drug-likeness (QED) is 0.673. The van der Waals surface area contributed by atoms with Crippen molar-refractivity contribution in [1.82, 2.24) is 4.98 Å². The Kier molecular flexibility index (Phi) is 4.77. The van der Waals surface area contributed by atoms with Gasteiger partial charge in [0.05, 0.1) is 5.56 Å². The Hall–Kier alpha value is -1.58. The molecule has 0 unspecified atom stereocenters. The van der Waals surface area contributed by atoms with Crippen LogP contribution in [0.3, 0.4) is 0 Å². The zero-order valence-corrected chi connectivity index (χ0v) is 11.6. The third-order valence-corrected chi connectivity index (χ3v) is 3.19. The van der Waals surface area contributed by atoms with Gasteiger partial charge in [-0.2, -0.15) is 0 Å². The molecule has 0 aliphatic heterocycles. The predicted molar refractivity (Wildman–Crippen MR) is 78.3 cm³/mol. The molecule has 0 saturated heterocycles. The number of rotatable bonds is 5. The number of carbonyl (C=O) groups excluding carboxylic acids is 1. The third kappa shape index (κ3) is 3.94. The van der Waals surface area contributed by atoms with Gasteiger partial charge in [-0.3, -0.25) is 4.79 Å². The fourth-order valence-corrected chi connectivity index (χ4v) is 1.94. The Bertz CT molecular complexity index is 570. The average Bonchev–Trinajstić information content (AvgIpc) is 2.41. The number of hydrogen-bond acceptors (Lipinski definition) is 3. The van der Waals surface area contributed by atoms with Crippen molar-refractivity contribution in [3.8, 4) is 0 Å². The molecule has 1 heterocycles. The molecular weight excluding hydrogens is 283 g/mol. The van der Waals surface area contributed by atoms with Crippen LogP contribution < -0.4 is 5.32 Å². The number of benzene rings is 1. The molecule has 5 heteroatoms. The third-order valence-electron chi connectivity index (χ3n) is 2.64. The minimum Gasteiger partial charge on any atom is -0.370 e. The molecule has 1 aromatic carbocycles. The Morgan fingerprint density at radius 1 is 1.11 bits per heavy atom. The Morgan fingerprint density at radius 3 is 2.47 bits per heavy atom. The molecule has 2 aromatic rings. The van der Waals surface area contributed by atoms with E-state index in [0.29, 0.717) is 17.7 Å². The molecule has 0 amide bonds. The van der Waals surface area contributed by atoms with Crippen LogP contribution in [0.5, 0.6) is 0 Å². The number of nitrogens with zero attached hydrogens (tertiary/aromatic N) is 1. The number of anilines is 1. The van der Waals surface area contributed by atoms with Crippen molar-refractivity contribution in [2.75, 3.05) is 11.9 Å². The largest absolute Gasteiger partial charge is 0.370 e. The van der Waals surface area contributed by atoms with Crippen LogP contribution in [0.2, 0.25) is 10.2 Å². The normalized spacial score (nSPS) is 10.2. The van der Waals surface area contributed by atoms with E-state index in [4.69, 9.17) is 23.2 Å². The SMILES string of the molecule is O=Cc1ccc(NCCc2ccc(Cl)cc2)nc1Cl. The van der Waals surface area contributed by atoms with Crippen molar-refractivity contribution < 1.29 is 4.79 Å². The molecule has 98 valence electrons. The summed E-state index contributed by atoms with van der Waals surface area (Å²) < 4.78 is 0. The first-order valence-corrected chi connectivity index (χ1v) is 6.54. The van der Waals surface area contributed by atoms with Gasteiger partial charge in [0.25, 0.3) is 0 Å². The van der Waals surface area contributed by atoms with Crippen molar-refractivity contribution in [2.45, 2.75) is 6.42 Å². The molecular formula is C14H12Cl2N2O. The van der Waals surface area contributed by atoms with Gasteiger partial charge in [-0.1, -0.05) is 35.3 Å². The van der Waals surface area contributed by atoms with Gasteiger partial charge in [-0.05, 0) is 36.2 Å². The lowest BCUT2D eigenvalue weighted by Crippen LogP contribution is -2.06. The minimum absolute atomic E-state index is 0.214. The fourth-order valence-electron chi connectivity index (χ4n) is 1.62. The molecule has 0 atom stereocenters. The smallest absolute Gasteiger partial charge is 0.153 e. The van der Waals surface area contributed by atoms with Gasteiger partial charge in [-0.15, -0.1) is 0 Å². The van der Waals surface area contributed by atoms with Gasteiger partial charge in [0, 0.05) is 11.6 Å².